The van der Waals surface area contributed by atoms with Gasteiger partial charge in [-0.15, -0.1) is 0 Å². The molecule has 0 atom stereocenters. The van der Waals surface area contributed by atoms with Crippen LogP contribution in [0.4, 0.5) is 5.88 Å². The molecule has 0 aliphatic carbocycles. The van der Waals surface area contributed by atoms with Gasteiger partial charge in [-0.1, -0.05) is 60.1 Å². The highest BCUT2D eigenvalue weighted by Gasteiger charge is 2.21. The second-order valence-corrected chi connectivity index (χ2v) is 6.86. The Kier molecular flexibility index (Phi) is 5.06. The fourth-order valence-electron chi connectivity index (χ4n) is 3.11. The highest BCUT2D eigenvalue weighted by molar-refractivity contribution is 6.33. The molecule has 0 unspecified atom stereocenters. The lowest BCUT2D eigenvalue weighted by molar-refractivity contribution is -0.114. The van der Waals surface area contributed by atoms with Gasteiger partial charge in [-0.2, -0.15) is 0 Å². The van der Waals surface area contributed by atoms with Crippen LogP contribution < -0.4 is 5.32 Å². The Hall–Kier alpha value is -3.57. The van der Waals surface area contributed by atoms with E-state index in [9.17, 15) is 9.90 Å². The number of phenolic OH excluding ortho intramolecular Hbond substituents is 1. The van der Waals surface area contributed by atoms with Gasteiger partial charge < -0.3 is 9.52 Å². The van der Waals surface area contributed by atoms with E-state index in [1.54, 1.807) is 24.3 Å². The van der Waals surface area contributed by atoms with E-state index in [-0.39, 0.29) is 17.5 Å². The van der Waals surface area contributed by atoms with Gasteiger partial charge >= 0.3 is 0 Å². The number of carbonyl (C=O) groups excluding carboxylic acids is 1. The number of nitrogens with zero attached hydrogens (tertiary/aromatic N) is 1. The standard InChI is InChI=1S/C23H17ClN2O3/c1-14(27)25-23-21(19-11-4-5-12-20(19)24)26-22(29-23)18-10-3-2-9-17(18)15-7-6-8-16(28)13-15/h2-13,28H,1H3,(H,25,27). The minimum absolute atomic E-state index is 0.167. The van der Waals surface area contributed by atoms with Crippen molar-refractivity contribution in [3.8, 4) is 39.6 Å². The summed E-state index contributed by atoms with van der Waals surface area (Å²) < 4.78 is 5.95. The number of anilines is 1. The number of hydrogen-bond acceptors (Lipinski definition) is 4. The number of rotatable bonds is 4. The van der Waals surface area contributed by atoms with Gasteiger partial charge in [0.05, 0.1) is 5.02 Å². The Morgan fingerprint density at radius 3 is 2.34 bits per heavy atom. The summed E-state index contributed by atoms with van der Waals surface area (Å²) in [4.78, 5) is 16.3. The minimum Gasteiger partial charge on any atom is -0.508 e. The molecule has 0 aliphatic rings. The summed E-state index contributed by atoms with van der Waals surface area (Å²) in [6.45, 7) is 1.40. The number of oxazole rings is 1. The highest BCUT2D eigenvalue weighted by Crippen LogP contribution is 2.39. The number of benzene rings is 3. The zero-order valence-corrected chi connectivity index (χ0v) is 16.3. The molecule has 0 fully saturated rings. The number of halogens is 1. The molecule has 0 spiro atoms. The molecular weight excluding hydrogens is 388 g/mol. The van der Waals surface area contributed by atoms with Gasteiger partial charge in [0.25, 0.3) is 0 Å². The number of aromatic nitrogens is 1. The van der Waals surface area contributed by atoms with Crippen molar-refractivity contribution < 1.29 is 14.3 Å². The third kappa shape index (κ3) is 3.86. The van der Waals surface area contributed by atoms with Crippen LogP contribution in [0.15, 0.2) is 77.2 Å². The van der Waals surface area contributed by atoms with Crippen molar-refractivity contribution in [2.45, 2.75) is 6.92 Å². The van der Waals surface area contributed by atoms with Crippen molar-refractivity contribution in [3.63, 3.8) is 0 Å². The van der Waals surface area contributed by atoms with E-state index in [2.05, 4.69) is 10.3 Å². The maximum Gasteiger partial charge on any atom is 0.229 e. The third-order valence-corrected chi connectivity index (χ3v) is 4.69. The molecule has 2 N–H and O–H groups in total. The summed E-state index contributed by atoms with van der Waals surface area (Å²) in [7, 11) is 0. The van der Waals surface area contributed by atoms with Gasteiger partial charge in [0.1, 0.15) is 11.4 Å². The van der Waals surface area contributed by atoms with E-state index >= 15 is 0 Å². The molecule has 0 radical (unpaired) electrons. The first kappa shape index (κ1) is 18.8. The van der Waals surface area contributed by atoms with E-state index in [4.69, 9.17) is 16.0 Å². The molecule has 4 rings (SSSR count). The Balaban J connectivity index is 1.89. The average Bonchev–Trinajstić information content (AvgIpc) is 3.11. The molecule has 0 aliphatic heterocycles. The number of phenols is 1. The quantitative estimate of drug-likeness (QED) is 0.438. The summed E-state index contributed by atoms with van der Waals surface area (Å²) in [5, 5.41) is 13.1. The molecule has 4 aromatic rings. The van der Waals surface area contributed by atoms with Crippen LogP contribution in [0.5, 0.6) is 5.75 Å². The third-order valence-electron chi connectivity index (χ3n) is 4.36. The van der Waals surface area contributed by atoms with Crippen molar-refractivity contribution in [2.75, 3.05) is 5.32 Å². The van der Waals surface area contributed by atoms with Crippen molar-refractivity contribution in [3.05, 3.63) is 77.8 Å². The largest absolute Gasteiger partial charge is 0.508 e. The minimum atomic E-state index is -0.276. The zero-order chi connectivity index (χ0) is 20.4. The van der Waals surface area contributed by atoms with Crippen LogP contribution in [0.2, 0.25) is 5.02 Å². The summed E-state index contributed by atoms with van der Waals surface area (Å²) in [5.41, 5.74) is 3.49. The van der Waals surface area contributed by atoms with E-state index in [0.29, 0.717) is 22.2 Å². The lowest BCUT2D eigenvalue weighted by Crippen LogP contribution is -2.05. The van der Waals surface area contributed by atoms with Crippen molar-refractivity contribution in [2.24, 2.45) is 0 Å². The highest BCUT2D eigenvalue weighted by atomic mass is 35.5. The number of carbonyl (C=O) groups is 1. The fourth-order valence-corrected chi connectivity index (χ4v) is 3.34. The summed E-state index contributed by atoms with van der Waals surface area (Å²) >= 11 is 6.34. The molecule has 144 valence electrons. The Bertz CT molecular complexity index is 1200. The van der Waals surface area contributed by atoms with E-state index in [0.717, 1.165) is 16.7 Å². The van der Waals surface area contributed by atoms with E-state index in [1.807, 2.05) is 48.5 Å². The fraction of sp³-hybridized carbons (Fsp3) is 0.0435. The number of aromatic hydroxyl groups is 1. The number of hydrogen-bond donors (Lipinski definition) is 2. The normalized spacial score (nSPS) is 10.7. The van der Waals surface area contributed by atoms with Crippen molar-refractivity contribution in [1.29, 1.82) is 0 Å². The lowest BCUT2D eigenvalue weighted by atomic mass is 9.99. The maximum absolute atomic E-state index is 11.7. The second-order valence-electron chi connectivity index (χ2n) is 6.45. The molecule has 1 amide bonds. The van der Waals surface area contributed by atoms with Crippen LogP contribution >= 0.6 is 11.6 Å². The predicted octanol–water partition coefficient (Wildman–Crippen LogP) is 5.99. The summed E-state index contributed by atoms with van der Waals surface area (Å²) in [6.07, 6.45) is 0. The summed E-state index contributed by atoms with van der Waals surface area (Å²) in [5.74, 6) is 0.455. The first-order valence-electron chi connectivity index (χ1n) is 8.95. The molecule has 29 heavy (non-hydrogen) atoms. The topological polar surface area (TPSA) is 75.4 Å². The molecule has 0 saturated heterocycles. The molecule has 1 heterocycles. The van der Waals surface area contributed by atoms with Crippen LogP contribution in [0.25, 0.3) is 33.8 Å². The first-order chi connectivity index (χ1) is 14.0. The molecule has 0 bridgehead atoms. The van der Waals surface area contributed by atoms with E-state index < -0.39 is 0 Å². The predicted molar refractivity (Wildman–Crippen MR) is 114 cm³/mol. The lowest BCUT2D eigenvalue weighted by Gasteiger charge is -2.07. The van der Waals surface area contributed by atoms with Crippen LogP contribution in [-0.4, -0.2) is 16.0 Å². The Labute approximate surface area is 172 Å². The number of nitrogens with one attached hydrogen (secondary N) is 1. The van der Waals surface area contributed by atoms with Crippen molar-refractivity contribution in [1.82, 2.24) is 4.98 Å². The van der Waals surface area contributed by atoms with E-state index in [1.165, 1.54) is 6.92 Å². The zero-order valence-electron chi connectivity index (χ0n) is 15.5. The summed E-state index contributed by atoms with van der Waals surface area (Å²) in [6, 6.07) is 21.7. The molecule has 5 nitrogen and oxygen atoms in total. The van der Waals surface area contributed by atoms with Gasteiger partial charge in [-0.3, -0.25) is 10.1 Å². The van der Waals surface area contributed by atoms with Gasteiger partial charge in [0.15, 0.2) is 0 Å². The Morgan fingerprint density at radius 1 is 0.966 bits per heavy atom. The van der Waals surface area contributed by atoms with Crippen LogP contribution in [0.3, 0.4) is 0 Å². The molecule has 6 heteroatoms. The van der Waals surface area contributed by atoms with Crippen molar-refractivity contribution >= 4 is 23.4 Å². The second kappa shape index (κ2) is 7.81. The maximum atomic E-state index is 11.7. The molecular formula is C23H17ClN2O3. The van der Waals surface area contributed by atoms with Gasteiger partial charge in [0.2, 0.25) is 17.7 Å². The van der Waals surface area contributed by atoms with Gasteiger partial charge in [0, 0.05) is 18.1 Å². The monoisotopic (exact) mass is 404 g/mol. The van der Waals surface area contributed by atoms with Crippen LogP contribution in [0.1, 0.15) is 6.92 Å². The van der Waals surface area contributed by atoms with Gasteiger partial charge in [-0.25, -0.2) is 4.98 Å². The van der Waals surface area contributed by atoms with Gasteiger partial charge in [-0.05, 0) is 35.4 Å². The molecule has 3 aromatic carbocycles. The smallest absolute Gasteiger partial charge is 0.229 e. The van der Waals surface area contributed by atoms with Crippen LogP contribution in [-0.2, 0) is 4.79 Å². The molecule has 1 aromatic heterocycles. The molecule has 0 saturated carbocycles. The average molecular weight is 405 g/mol. The first-order valence-corrected chi connectivity index (χ1v) is 9.33. The Morgan fingerprint density at radius 2 is 1.66 bits per heavy atom. The van der Waals surface area contributed by atoms with Crippen LogP contribution in [0, 0.1) is 0 Å². The number of amides is 1. The SMILES string of the molecule is CC(=O)Nc1oc(-c2ccccc2-c2cccc(O)c2)nc1-c1ccccc1Cl.